The number of rotatable bonds is 3. The molecule has 3 rings (SSSR count). The Hall–Kier alpha value is -0.196. The maximum absolute atomic E-state index is 2.59. The first-order chi connectivity index (χ1) is 12.9. The average Bonchev–Trinajstić information content (AvgIpc) is 3.06. The van der Waals surface area contributed by atoms with Gasteiger partial charge in [0.25, 0.3) is 0 Å². The van der Waals surface area contributed by atoms with Gasteiger partial charge >= 0.3 is 190 Å². The van der Waals surface area contributed by atoms with Gasteiger partial charge in [-0.05, 0) is 0 Å². The first-order valence-corrected chi connectivity index (χ1v) is 16.6. The fourth-order valence-corrected chi connectivity index (χ4v) is 22.8. The molecule has 0 aromatic heterocycles. The van der Waals surface area contributed by atoms with E-state index in [1.165, 1.54) is 0 Å². The molecule has 0 saturated carbocycles. The van der Waals surface area contributed by atoms with Gasteiger partial charge in [-0.2, -0.15) is 0 Å². The van der Waals surface area contributed by atoms with Crippen LogP contribution >= 0.6 is 0 Å². The second kappa shape index (κ2) is 7.81. The van der Waals surface area contributed by atoms with E-state index in [0.29, 0.717) is 17.8 Å². The van der Waals surface area contributed by atoms with Gasteiger partial charge < -0.3 is 0 Å². The fourth-order valence-electron chi connectivity index (χ4n) is 6.09. The molecule has 28 heavy (non-hydrogen) atoms. The quantitative estimate of drug-likeness (QED) is 0.362. The van der Waals surface area contributed by atoms with Gasteiger partial charge in [-0.15, -0.1) is 0 Å². The Morgan fingerprint density at radius 3 is 0.750 bits per heavy atom. The summed E-state index contributed by atoms with van der Waals surface area (Å²) in [4.78, 5) is 0. The molecular formula is C27H39Pr. The van der Waals surface area contributed by atoms with Crippen molar-refractivity contribution in [3.05, 3.63) is 53.6 Å². The van der Waals surface area contributed by atoms with E-state index >= 15 is 0 Å². The number of hydrogen-bond donors (Lipinski definition) is 0. The van der Waals surface area contributed by atoms with Gasteiger partial charge in [-0.3, -0.25) is 0 Å². The van der Waals surface area contributed by atoms with Crippen molar-refractivity contribution in [2.24, 2.45) is 17.8 Å². The van der Waals surface area contributed by atoms with Gasteiger partial charge in [0.05, 0.1) is 0 Å². The fraction of sp³-hybridized carbons (Fsp3) is 0.556. The van der Waals surface area contributed by atoms with Crippen LogP contribution in [0.4, 0.5) is 0 Å². The van der Waals surface area contributed by atoms with E-state index in [4.69, 9.17) is 0 Å². The molecule has 0 heterocycles. The molecule has 0 bridgehead atoms. The second-order valence-corrected chi connectivity index (χ2v) is 18.5. The molecule has 0 nitrogen and oxygen atoms in total. The normalized spacial score (nSPS) is 28.9. The number of hydrogen-bond acceptors (Lipinski definition) is 0. The van der Waals surface area contributed by atoms with Gasteiger partial charge in [0, 0.05) is 0 Å². The van der Waals surface area contributed by atoms with E-state index in [9.17, 15) is 0 Å². The van der Waals surface area contributed by atoms with Crippen molar-refractivity contribution < 1.29 is 35.0 Å². The van der Waals surface area contributed by atoms with Crippen LogP contribution in [0.1, 0.15) is 83.1 Å². The van der Waals surface area contributed by atoms with Crippen molar-refractivity contribution in [1.29, 1.82) is 0 Å². The summed E-state index contributed by atoms with van der Waals surface area (Å²) in [6, 6.07) is 0. The summed E-state index contributed by atoms with van der Waals surface area (Å²) in [6.45, 7) is 29.0. The van der Waals surface area contributed by atoms with Crippen LogP contribution in [0, 0.1) is 52.8 Å². The molecule has 3 unspecified atom stereocenters. The van der Waals surface area contributed by atoms with Gasteiger partial charge in [0.2, 0.25) is 0 Å². The zero-order valence-electron chi connectivity index (χ0n) is 20.3. The van der Waals surface area contributed by atoms with Gasteiger partial charge in [-0.25, -0.2) is 0 Å². The summed E-state index contributed by atoms with van der Waals surface area (Å²) in [5.41, 5.74) is 14.5. The van der Waals surface area contributed by atoms with Crippen molar-refractivity contribution in [2.75, 3.05) is 0 Å². The minimum atomic E-state index is -2.59. The SMILES string of the molecule is CC1=C(C)C(C)[C]([Pr]([C]2=C(C)C(C)=C(C)C2C)[C]2=C(C)C(C)=C(C)C2C)=C1C. The molecule has 1 heteroatoms. The van der Waals surface area contributed by atoms with Crippen molar-refractivity contribution in [1.82, 2.24) is 0 Å². The Kier molecular flexibility index (Phi) is 6.27. The third-order valence-corrected chi connectivity index (χ3v) is 24.0. The Balaban J connectivity index is 2.29. The molecule has 3 atom stereocenters. The summed E-state index contributed by atoms with van der Waals surface area (Å²) in [5, 5.41) is 0. The van der Waals surface area contributed by atoms with Crippen molar-refractivity contribution in [2.45, 2.75) is 83.1 Å². The molecule has 3 aliphatic carbocycles. The first kappa shape index (κ1) is 22.5. The summed E-state index contributed by atoms with van der Waals surface area (Å²) in [6.07, 6.45) is 0. The van der Waals surface area contributed by atoms with E-state index in [2.05, 4.69) is 83.1 Å². The zero-order chi connectivity index (χ0) is 21.2. The van der Waals surface area contributed by atoms with Crippen LogP contribution in [0.5, 0.6) is 0 Å². The molecule has 0 fully saturated rings. The summed E-state index contributed by atoms with van der Waals surface area (Å²) < 4.78 is 5.67. The summed E-state index contributed by atoms with van der Waals surface area (Å²) in [7, 11) is 0. The van der Waals surface area contributed by atoms with Crippen molar-refractivity contribution >= 4 is 0 Å². The second-order valence-electron chi connectivity index (χ2n) is 9.76. The molecule has 0 saturated heterocycles. The van der Waals surface area contributed by atoms with Crippen LogP contribution < -0.4 is 0 Å². The van der Waals surface area contributed by atoms with E-state index in [1.807, 2.05) is 3.47 Å². The zero-order valence-corrected chi connectivity index (χ0v) is 24.0. The van der Waals surface area contributed by atoms with Gasteiger partial charge in [0.1, 0.15) is 0 Å². The first-order valence-electron chi connectivity index (χ1n) is 11.1. The maximum atomic E-state index is 2.49. The third-order valence-electron chi connectivity index (χ3n) is 9.04. The monoisotopic (exact) mass is 504 g/mol. The van der Waals surface area contributed by atoms with E-state index in [-0.39, 0.29) is 0 Å². The summed E-state index contributed by atoms with van der Waals surface area (Å²) >= 11 is -2.59. The van der Waals surface area contributed by atoms with Crippen LogP contribution in [0.2, 0.25) is 0 Å². The van der Waals surface area contributed by atoms with E-state index in [1.54, 1.807) is 50.2 Å². The predicted molar refractivity (Wildman–Crippen MR) is 121 cm³/mol. The molecule has 3 aliphatic rings. The van der Waals surface area contributed by atoms with Gasteiger partial charge in [-0.1, -0.05) is 0 Å². The van der Waals surface area contributed by atoms with Crippen LogP contribution in [0.15, 0.2) is 53.6 Å². The van der Waals surface area contributed by atoms with Crippen LogP contribution in [0.3, 0.4) is 0 Å². The molecule has 0 amide bonds. The molecule has 0 radical (unpaired) electrons. The molecule has 0 aromatic carbocycles. The Morgan fingerprint density at radius 1 is 0.393 bits per heavy atom. The molecular weight excluding hydrogens is 465 g/mol. The third kappa shape index (κ3) is 3.08. The van der Waals surface area contributed by atoms with Gasteiger partial charge in [0.15, 0.2) is 0 Å². The Morgan fingerprint density at radius 2 is 0.607 bits per heavy atom. The standard InChI is InChI=1S/3C9H13.Pr/c3*1-6-5-7(2)9(4)8(6)3;/h3*6H,1-4H3;. The van der Waals surface area contributed by atoms with Crippen LogP contribution in [0.25, 0.3) is 0 Å². The van der Waals surface area contributed by atoms with E-state index < -0.39 is 35.0 Å². The summed E-state index contributed by atoms with van der Waals surface area (Å²) in [5.74, 6) is 1.90. The molecule has 150 valence electrons. The topological polar surface area (TPSA) is 0 Å². The molecule has 0 aliphatic heterocycles. The Labute approximate surface area is 188 Å². The molecule has 0 spiro atoms. The van der Waals surface area contributed by atoms with Crippen molar-refractivity contribution in [3.8, 4) is 0 Å². The Bertz CT molecular complexity index is 815. The number of allylic oxidation sites excluding steroid dienone is 12. The molecule has 0 aromatic rings. The van der Waals surface area contributed by atoms with Crippen LogP contribution in [-0.4, -0.2) is 0 Å². The van der Waals surface area contributed by atoms with E-state index in [0.717, 1.165) is 0 Å². The predicted octanol–water partition coefficient (Wildman–Crippen LogP) is 8.39. The average molecular weight is 505 g/mol. The molecule has 0 N–H and O–H groups in total. The minimum absolute atomic E-state index is 0.633. The van der Waals surface area contributed by atoms with Crippen molar-refractivity contribution in [3.63, 3.8) is 0 Å². The van der Waals surface area contributed by atoms with Crippen LogP contribution in [-0.2, 0) is 0 Å².